The predicted molar refractivity (Wildman–Crippen MR) is 62.9 cm³/mol. The van der Waals surface area contributed by atoms with E-state index in [1.165, 1.54) is 29.5 Å². The normalized spacial score (nSPS) is 11.8. The summed E-state index contributed by atoms with van der Waals surface area (Å²) in [5.74, 6) is -1.08. The van der Waals surface area contributed by atoms with Crippen molar-refractivity contribution in [1.29, 1.82) is 0 Å². The zero-order valence-corrected chi connectivity index (χ0v) is 11.6. The molecular weight excluding hydrogens is 388 g/mol. The molecule has 0 unspecified atom stereocenters. The molecule has 0 bridgehead atoms. The summed E-state index contributed by atoms with van der Waals surface area (Å²) >= 11 is 1.46. The molecule has 0 atom stereocenters. The summed E-state index contributed by atoms with van der Waals surface area (Å²) in [4.78, 5) is 14.4. The molecule has 0 radical (unpaired) electrons. The Morgan fingerprint density at radius 2 is 2.05 bits per heavy atom. The molecule has 3 nitrogen and oxygen atoms in total. The molecule has 0 aliphatic rings. The van der Waals surface area contributed by atoms with Crippen molar-refractivity contribution >= 4 is 28.6 Å². The van der Waals surface area contributed by atoms with E-state index in [1.807, 2.05) is 0 Å². The fraction of sp³-hybridized carbons (Fsp3) is 0.400. The third-order valence-corrected chi connectivity index (χ3v) is 2.80. The Bertz CT molecular complexity index is 490. The van der Waals surface area contributed by atoms with Crippen LogP contribution in [-0.4, -0.2) is 17.6 Å². The SMILES string of the molecule is CCOC(=O)c1nc(C(F)(F)F)c(C(F)F)cc1I. The molecule has 19 heavy (non-hydrogen) atoms. The number of carbonyl (C=O) groups is 1. The maximum atomic E-state index is 12.6. The van der Waals surface area contributed by atoms with E-state index in [4.69, 9.17) is 0 Å². The summed E-state index contributed by atoms with van der Waals surface area (Å²) in [6.45, 7) is 1.40. The molecule has 0 N–H and O–H groups in total. The molecule has 1 aromatic rings. The van der Waals surface area contributed by atoms with Gasteiger partial charge in [-0.2, -0.15) is 13.2 Å². The quantitative estimate of drug-likeness (QED) is 0.444. The number of hydrogen-bond donors (Lipinski definition) is 0. The molecule has 0 amide bonds. The van der Waals surface area contributed by atoms with Gasteiger partial charge in [-0.3, -0.25) is 0 Å². The molecule has 1 heterocycles. The van der Waals surface area contributed by atoms with Crippen LogP contribution in [0.15, 0.2) is 6.07 Å². The maximum absolute atomic E-state index is 12.6. The largest absolute Gasteiger partial charge is 0.461 e. The second-order valence-corrected chi connectivity index (χ2v) is 4.44. The lowest BCUT2D eigenvalue weighted by Crippen LogP contribution is -2.18. The summed E-state index contributed by atoms with van der Waals surface area (Å²) in [5.41, 5.74) is -3.66. The highest BCUT2D eigenvalue weighted by Gasteiger charge is 2.39. The number of nitrogens with zero attached hydrogens (tertiary/aromatic N) is 1. The number of halogens is 6. The fourth-order valence-corrected chi connectivity index (χ4v) is 1.92. The van der Waals surface area contributed by atoms with Crippen molar-refractivity contribution in [2.75, 3.05) is 6.61 Å². The van der Waals surface area contributed by atoms with Crippen LogP contribution in [0, 0.1) is 3.57 Å². The minimum absolute atomic E-state index is 0.0610. The van der Waals surface area contributed by atoms with Crippen molar-refractivity contribution in [2.45, 2.75) is 19.5 Å². The van der Waals surface area contributed by atoms with E-state index in [9.17, 15) is 26.7 Å². The molecule has 0 aliphatic heterocycles. The van der Waals surface area contributed by atoms with Gasteiger partial charge in [0.25, 0.3) is 6.43 Å². The van der Waals surface area contributed by atoms with Gasteiger partial charge in [0.1, 0.15) is 0 Å². The second kappa shape index (κ2) is 5.97. The third kappa shape index (κ3) is 3.74. The first-order valence-electron chi connectivity index (χ1n) is 4.91. The maximum Gasteiger partial charge on any atom is 0.433 e. The summed E-state index contributed by atoms with van der Waals surface area (Å²) in [5, 5.41) is 0. The molecule has 1 rings (SSSR count). The Morgan fingerprint density at radius 1 is 1.47 bits per heavy atom. The van der Waals surface area contributed by atoms with Gasteiger partial charge in [0.15, 0.2) is 11.4 Å². The van der Waals surface area contributed by atoms with Crippen molar-refractivity contribution in [3.8, 4) is 0 Å². The summed E-state index contributed by atoms with van der Waals surface area (Å²) < 4.78 is 67.4. The fourth-order valence-electron chi connectivity index (χ4n) is 1.24. The van der Waals surface area contributed by atoms with E-state index >= 15 is 0 Å². The van der Waals surface area contributed by atoms with E-state index in [0.29, 0.717) is 6.07 Å². The van der Waals surface area contributed by atoms with Gasteiger partial charge in [0.2, 0.25) is 0 Å². The van der Waals surface area contributed by atoms with Crippen LogP contribution in [0.3, 0.4) is 0 Å². The first kappa shape index (κ1) is 16.1. The number of alkyl halides is 5. The molecule has 0 saturated carbocycles. The van der Waals surface area contributed by atoms with Crippen LogP contribution < -0.4 is 0 Å². The van der Waals surface area contributed by atoms with Gasteiger partial charge in [0, 0.05) is 9.13 Å². The van der Waals surface area contributed by atoms with Crippen molar-refractivity contribution in [2.24, 2.45) is 0 Å². The molecule has 1 aromatic heterocycles. The number of pyridine rings is 1. The highest BCUT2D eigenvalue weighted by atomic mass is 127. The van der Waals surface area contributed by atoms with Crippen LogP contribution in [0.1, 0.15) is 35.1 Å². The number of rotatable bonds is 3. The van der Waals surface area contributed by atoms with Gasteiger partial charge in [-0.15, -0.1) is 0 Å². The van der Waals surface area contributed by atoms with Gasteiger partial charge < -0.3 is 4.74 Å². The first-order valence-corrected chi connectivity index (χ1v) is 5.99. The zero-order valence-electron chi connectivity index (χ0n) is 9.39. The van der Waals surface area contributed by atoms with Crippen molar-refractivity contribution in [3.63, 3.8) is 0 Å². The lowest BCUT2D eigenvalue weighted by Gasteiger charge is -2.13. The smallest absolute Gasteiger partial charge is 0.433 e. The molecule has 0 aliphatic carbocycles. The number of ether oxygens (including phenoxy) is 1. The average molecular weight is 395 g/mol. The monoisotopic (exact) mass is 395 g/mol. The first-order chi connectivity index (χ1) is 8.68. The predicted octanol–water partition coefficient (Wildman–Crippen LogP) is 3.82. The van der Waals surface area contributed by atoms with Gasteiger partial charge in [0.05, 0.1) is 6.61 Å². The zero-order chi connectivity index (χ0) is 14.8. The van der Waals surface area contributed by atoms with Gasteiger partial charge in [-0.1, -0.05) is 0 Å². The summed E-state index contributed by atoms with van der Waals surface area (Å²) in [7, 11) is 0. The van der Waals surface area contributed by atoms with Crippen LogP contribution in [0.4, 0.5) is 22.0 Å². The summed E-state index contributed by atoms with van der Waals surface area (Å²) in [6.07, 6.45) is -8.41. The van der Waals surface area contributed by atoms with E-state index in [-0.39, 0.29) is 10.2 Å². The third-order valence-electron chi connectivity index (χ3n) is 1.98. The van der Waals surface area contributed by atoms with Crippen LogP contribution in [0.2, 0.25) is 0 Å². The van der Waals surface area contributed by atoms with Crippen LogP contribution >= 0.6 is 22.6 Å². The lowest BCUT2D eigenvalue weighted by atomic mass is 10.1. The molecular formula is C10H7F5INO2. The number of aromatic nitrogens is 1. The Balaban J connectivity index is 3.43. The van der Waals surface area contributed by atoms with Crippen molar-refractivity contribution in [1.82, 2.24) is 4.98 Å². The Labute approximate surface area is 118 Å². The number of hydrogen-bond acceptors (Lipinski definition) is 3. The molecule has 0 aromatic carbocycles. The Kier molecular flexibility index (Phi) is 5.04. The minimum Gasteiger partial charge on any atom is -0.461 e. The standard InChI is InChI=1S/C10H7F5INO2/c1-2-19-9(18)6-5(16)3-4(8(11)12)7(17-6)10(13,14)15/h3,8H,2H2,1H3. The van der Waals surface area contributed by atoms with Crippen LogP contribution in [0.25, 0.3) is 0 Å². The molecule has 0 spiro atoms. The highest BCUT2D eigenvalue weighted by Crippen LogP contribution is 2.36. The number of esters is 1. The lowest BCUT2D eigenvalue weighted by molar-refractivity contribution is -0.143. The van der Waals surface area contributed by atoms with E-state index in [1.54, 1.807) is 0 Å². The van der Waals surface area contributed by atoms with E-state index in [0.717, 1.165) is 0 Å². The topological polar surface area (TPSA) is 39.2 Å². The highest BCUT2D eigenvalue weighted by molar-refractivity contribution is 14.1. The number of carbonyl (C=O) groups excluding carboxylic acids is 1. The van der Waals surface area contributed by atoms with Crippen LogP contribution in [0.5, 0.6) is 0 Å². The van der Waals surface area contributed by atoms with E-state index in [2.05, 4.69) is 9.72 Å². The molecule has 0 saturated heterocycles. The summed E-state index contributed by atoms with van der Waals surface area (Å²) in [6, 6.07) is 0.591. The van der Waals surface area contributed by atoms with Gasteiger partial charge in [-0.05, 0) is 35.6 Å². The average Bonchev–Trinajstić information content (AvgIpc) is 2.26. The van der Waals surface area contributed by atoms with E-state index < -0.39 is 35.5 Å². The van der Waals surface area contributed by atoms with Crippen LogP contribution in [-0.2, 0) is 10.9 Å². The van der Waals surface area contributed by atoms with Gasteiger partial charge >= 0.3 is 12.1 Å². The van der Waals surface area contributed by atoms with Gasteiger partial charge in [-0.25, -0.2) is 18.6 Å². The molecule has 9 heteroatoms. The minimum atomic E-state index is -5.07. The molecule has 106 valence electrons. The van der Waals surface area contributed by atoms with Crippen molar-refractivity contribution in [3.05, 3.63) is 26.6 Å². The molecule has 0 fully saturated rings. The van der Waals surface area contributed by atoms with Crippen molar-refractivity contribution < 1.29 is 31.5 Å². The Morgan fingerprint density at radius 3 is 2.47 bits per heavy atom. The second-order valence-electron chi connectivity index (χ2n) is 3.28. The Hall–Kier alpha value is -1.00.